The fraction of sp³-hybridized carbons (Fsp3) is 0.600. The predicted molar refractivity (Wildman–Crippen MR) is 156 cm³/mol. The zero-order valence-electron chi connectivity index (χ0n) is 23.1. The third-order valence-corrected chi connectivity index (χ3v) is 8.98. The molecule has 0 amide bonds. The normalized spacial score (nSPS) is 24.7. The van der Waals surface area contributed by atoms with Crippen LogP contribution in [0.2, 0.25) is 0 Å². The van der Waals surface area contributed by atoms with Crippen molar-refractivity contribution in [3.63, 3.8) is 0 Å². The average Bonchev–Trinajstić information content (AvgIpc) is 2.93. The zero-order chi connectivity index (χ0) is 25.0. The third-order valence-electron chi connectivity index (χ3n) is 8.98. The molecule has 0 atom stereocenters. The molecule has 0 aliphatic heterocycles. The maximum Gasteiger partial charge on any atom is 0.119 e. The van der Waals surface area contributed by atoms with Crippen LogP contribution < -0.4 is 4.74 Å². The van der Waals surface area contributed by atoms with Crippen molar-refractivity contribution < 1.29 is 4.74 Å². The molecule has 1 heteroatoms. The lowest BCUT2D eigenvalue weighted by Gasteiger charge is -2.29. The van der Waals surface area contributed by atoms with Gasteiger partial charge in [0.2, 0.25) is 0 Å². The van der Waals surface area contributed by atoms with Crippen LogP contribution in [-0.2, 0) is 0 Å². The van der Waals surface area contributed by atoms with Crippen LogP contribution in [0.15, 0.2) is 60.7 Å². The van der Waals surface area contributed by atoms with Crippen LogP contribution in [0.25, 0.3) is 11.1 Å². The molecule has 2 fully saturated rings. The molecule has 2 aromatic carbocycles. The molecule has 196 valence electrons. The minimum absolute atomic E-state index is 0.670. The first-order valence-corrected chi connectivity index (χ1v) is 15.2. The van der Waals surface area contributed by atoms with Crippen LogP contribution in [0.4, 0.5) is 0 Å². The van der Waals surface area contributed by atoms with Gasteiger partial charge in [0.05, 0.1) is 0 Å². The first kappa shape index (κ1) is 27.0. The van der Waals surface area contributed by atoms with Crippen LogP contribution >= 0.6 is 0 Å². The van der Waals surface area contributed by atoms with Gasteiger partial charge in [0.15, 0.2) is 0 Å². The van der Waals surface area contributed by atoms with Crippen LogP contribution in [0.5, 0.6) is 5.75 Å². The van der Waals surface area contributed by atoms with Crippen molar-refractivity contribution in [1.82, 2.24) is 0 Å². The number of benzene rings is 2. The molecule has 0 unspecified atom stereocenters. The minimum Gasteiger partial charge on any atom is -0.490 e. The number of hydrogen-bond acceptors (Lipinski definition) is 1. The Bertz CT molecular complexity index is 877. The van der Waals surface area contributed by atoms with Gasteiger partial charge in [-0.05, 0) is 104 Å². The van der Waals surface area contributed by atoms with E-state index in [1.54, 1.807) is 0 Å². The van der Waals surface area contributed by atoms with Gasteiger partial charge in [-0.15, -0.1) is 0 Å². The van der Waals surface area contributed by atoms with Crippen molar-refractivity contribution in [3.05, 3.63) is 66.2 Å². The molecule has 1 nitrogen and oxygen atoms in total. The summed E-state index contributed by atoms with van der Waals surface area (Å²) in [4.78, 5) is 0. The largest absolute Gasteiger partial charge is 0.490 e. The van der Waals surface area contributed by atoms with E-state index in [1.165, 1.54) is 107 Å². The molecule has 0 saturated heterocycles. The van der Waals surface area contributed by atoms with E-state index in [4.69, 9.17) is 4.74 Å². The lowest BCUT2D eigenvalue weighted by molar-refractivity contribution is 0.292. The molecule has 0 spiro atoms. The van der Waals surface area contributed by atoms with Crippen LogP contribution in [0, 0.1) is 17.8 Å². The number of hydrogen-bond donors (Lipinski definition) is 0. The summed E-state index contributed by atoms with van der Waals surface area (Å²) in [7, 11) is 0. The second-order valence-electron chi connectivity index (χ2n) is 11.7. The first-order chi connectivity index (χ1) is 17.7. The number of ether oxygens (including phenoxy) is 1. The summed E-state index contributed by atoms with van der Waals surface area (Å²) in [5.41, 5.74) is 4.11. The van der Waals surface area contributed by atoms with E-state index in [-0.39, 0.29) is 0 Å². The molecule has 0 heterocycles. The predicted octanol–water partition coefficient (Wildman–Crippen LogP) is 10.7. The molecule has 2 saturated carbocycles. The molecule has 2 aromatic rings. The summed E-state index contributed by atoms with van der Waals surface area (Å²) in [5.74, 6) is 4.44. The molecule has 2 aliphatic rings. The minimum atomic E-state index is 0.670. The molecule has 0 N–H and O–H groups in total. The Labute approximate surface area is 221 Å². The highest BCUT2D eigenvalue weighted by Crippen LogP contribution is 2.38. The molecule has 36 heavy (non-hydrogen) atoms. The maximum absolute atomic E-state index is 6.00. The Hall–Kier alpha value is -2.02. The molecular formula is C35H50O. The van der Waals surface area contributed by atoms with Crippen LogP contribution in [0.1, 0.15) is 115 Å². The highest BCUT2D eigenvalue weighted by atomic mass is 16.5. The lowest BCUT2D eigenvalue weighted by atomic mass is 9.77. The van der Waals surface area contributed by atoms with Crippen LogP contribution in [0.3, 0.4) is 0 Å². The standard InChI is InChI=1S/C35H50O/c1-3-5-6-9-29-15-17-31(18-16-29)32-19-21-33(22-20-32)34-23-25-35(26-24-34)36-27-7-10-30-13-11-28(8-4-2)12-14-30/h7,10,19-26,28-31H,3-6,8-9,11-18,27H2,1-2H3/b10-7+. The highest BCUT2D eigenvalue weighted by Gasteiger charge is 2.22. The van der Waals surface area contributed by atoms with Gasteiger partial charge in [-0.1, -0.05) is 101 Å². The van der Waals surface area contributed by atoms with Gasteiger partial charge in [-0.3, -0.25) is 0 Å². The van der Waals surface area contributed by atoms with Crippen molar-refractivity contribution in [2.45, 2.75) is 110 Å². The van der Waals surface area contributed by atoms with Gasteiger partial charge >= 0.3 is 0 Å². The van der Waals surface area contributed by atoms with Crippen molar-refractivity contribution in [1.29, 1.82) is 0 Å². The zero-order valence-corrected chi connectivity index (χ0v) is 23.1. The van der Waals surface area contributed by atoms with Gasteiger partial charge in [0.1, 0.15) is 12.4 Å². The van der Waals surface area contributed by atoms with Crippen molar-refractivity contribution >= 4 is 0 Å². The monoisotopic (exact) mass is 486 g/mol. The third kappa shape index (κ3) is 8.25. The van der Waals surface area contributed by atoms with E-state index in [1.807, 2.05) is 0 Å². The van der Waals surface area contributed by atoms with Crippen LogP contribution in [-0.4, -0.2) is 6.61 Å². The highest BCUT2D eigenvalue weighted by molar-refractivity contribution is 5.64. The van der Waals surface area contributed by atoms with E-state index in [0.29, 0.717) is 6.61 Å². The molecule has 4 rings (SSSR count). The average molecular weight is 487 g/mol. The van der Waals surface area contributed by atoms with Crippen molar-refractivity contribution in [2.75, 3.05) is 6.61 Å². The summed E-state index contributed by atoms with van der Waals surface area (Å²) in [5, 5.41) is 0. The van der Waals surface area contributed by atoms with Gasteiger partial charge in [-0.25, -0.2) is 0 Å². The Morgan fingerprint density at radius 2 is 1.28 bits per heavy atom. The van der Waals surface area contributed by atoms with E-state index in [9.17, 15) is 0 Å². The van der Waals surface area contributed by atoms with Crippen molar-refractivity contribution in [2.24, 2.45) is 17.8 Å². The summed E-state index contributed by atoms with van der Waals surface area (Å²) >= 11 is 0. The SMILES string of the molecule is CCCCCC1CCC(c2ccc(-c3ccc(OC/C=C/C4CCC(CCC)CC4)cc3)cc2)CC1. The molecule has 0 radical (unpaired) electrons. The van der Waals surface area contributed by atoms with Gasteiger partial charge in [0.25, 0.3) is 0 Å². The molecule has 0 aromatic heterocycles. The lowest BCUT2D eigenvalue weighted by Crippen LogP contribution is -2.13. The quantitative estimate of drug-likeness (QED) is 0.214. The Morgan fingerprint density at radius 3 is 1.92 bits per heavy atom. The number of unbranched alkanes of at least 4 members (excludes halogenated alkanes) is 2. The number of allylic oxidation sites excluding steroid dienone is 1. The van der Waals surface area contributed by atoms with E-state index >= 15 is 0 Å². The van der Waals surface area contributed by atoms with Gasteiger partial charge < -0.3 is 4.74 Å². The first-order valence-electron chi connectivity index (χ1n) is 15.2. The number of rotatable bonds is 12. The van der Waals surface area contributed by atoms with E-state index in [0.717, 1.165) is 29.4 Å². The summed E-state index contributed by atoms with van der Waals surface area (Å²) < 4.78 is 6.00. The topological polar surface area (TPSA) is 9.23 Å². The summed E-state index contributed by atoms with van der Waals surface area (Å²) in [6.07, 6.45) is 24.1. The maximum atomic E-state index is 6.00. The van der Waals surface area contributed by atoms with E-state index < -0.39 is 0 Å². The molecule has 2 aliphatic carbocycles. The van der Waals surface area contributed by atoms with Crippen molar-refractivity contribution in [3.8, 4) is 16.9 Å². The molecular weight excluding hydrogens is 436 g/mol. The summed E-state index contributed by atoms with van der Waals surface area (Å²) in [6, 6.07) is 18.0. The Balaban J connectivity index is 1.19. The van der Waals surface area contributed by atoms with Gasteiger partial charge in [-0.2, -0.15) is 0 Å². The Kier molecular flexibility index (Phi) is 11.0. The Morgan fingerprint density at radius 1 is 0.667 bits per heavy atom. The summed E-state index contributed by atoms with van der Waals surface area (Å²) in [6.45, 7) is 5.29. The fourth-order valence-electron chi connectivity index (χ4n) is 6.63. The molecule has 0 bridgehead atoms. The second-order valence-corrected chi connectivity index (χ2v) is 11.7. The van der Waals surface area contributed by atoms with Gasteiger partial charge in [0, 0.05) is 0 Å². The smallest absolute Gasteiger partial charge is 0.119 e. The fourth-order valence-corrected chi connectivity index (χ4v) is 6.63. The second kappa shape index (κ2) is 14.7. The van der Waals surface area contributed by atoms with E-state index in [2.05, 4.69) is 74.5 Å².